The topological polar surface area (TPSA) is 119 Å². The summed E-state index contributed by atoms with van der Waals surface area (Å²) in [6, 6.07) is 2.74. The van der Waals surface area contributed by atoms with Crippen molar-refractivity contribution in [1.29, 1.82) is 0 Å². The fraction of sp³-hybridized carbons (Fsp3) is 0.364. The molecule has 2 N–H and O–H groups in total. The first-order valence-electron chi connectivity index (χ1n) is 6.02. The number of rotatable bonds is 6. The molecule has 2 heterocycles. The van der Waals surface area contributed by atoms with E-state index in [1.807, 2.05) is 0 Å². The van der Waals surface area contributed by atoms with Gasteiger partial charge in [0.15, 0.2) is 5.69 Å². The molecular weight excluding hydrogens is 264 g/mol. The lowest BCUT2D eigenvalue weighted by atomic mass is 10.3. The van der Waals surface area contributed by atoms with Crippen molar-refractivity contribution >= 4 is 11.7 Å². The molecule has 0 aliphatic heterocycles. The number of aromatic amines is 1. The Hall–Kier alpha value is -2.71. The third kappa shape index (κ3) is 2.99. The van der Waals surface area contributed by atoms with Crippen molar-refractivity contribution < 1.29 is 9.72 Å². The molecule has 9 nitrogen and oxygen atoms in total. The Kier molecular flexibility index (Phi) is 4.08. The monoisotopic (exact) mass is 278 g/mol. The summed E-state index contributed by atoms with van der Waals surface area (Å²) in [5.41, 5.74) is 0.261. The summed E-state index contributed by atoms with van der Waals surface area (Å²) in [4.78, 5) is 26.0. The van der Waals surface area contributed by atoms with Crippen LogP contribution in [0.15, 0.2) is 18.5 Å². The maximum atomic E-state index is 11.9. The summed E-state index contributed by atoms with van der Waals surface area (Å²) in [7, 11) is 1.49. The maximum Gasteiger partial charge on any atom is 0.323 e. The van der Waals surface area contributed by atoms with Gasteiger partial charge in [0.05, 0.1) is 7.05 Å². The van der Waals surface area contributed by atoms with Gasteiger partial charge >= 0.3 is 5.82 Å². The third-order valence-corrected chi connectivity index (χ3v) is 2.86. The van der Waals surface area contributed by atoms with E-state index < -0.39 is 4.92 Å². The van der Waals surface area contributed by atoms with Gasteiger partial charge in [-0.15, -0.1) is 0 Å². The molecule has 0 aromatic carbocycles. The molecular formula is C11H14N6O3. The minimum Gasteiger partial charge on any atom is -0.358 e. The number of amides is 1. The summed E-state index contributed by atoms with van der Waals surface area (Å²) in [5, 5.41) is 19.8. The number of aromatic nitrogens is 4. The van der Waals surface area contributed by atoms with E-state index in [9.17, 15) is 14.9 Å². The number of aryl methyl sites for hydroxylation is 1. The molecule has 2 aromatic rings. The van der Waals surface area contributed by atoms with E-state index in [2.05, 4.69) is 20.5 Å². The number of hydrogen-bond acceptors (Lipinski definition) is 5. The second-order valence-electron chi connectivity index (χ2n) is 4.18. The number of nitrogens with zero attached hydrogens (tertiary/aromatic N) is 4. The average molecular weight is 278 g/mol. The zero-order chi connectivity index (χ0) is 14.5. The minimum absolute atomic E-state index is 0.114. The Morgan fingerprint density at radius 3 is 2.95 bits per heavy atom. The zero-order valence-electron chi connectivity index (χ0n) is 10.9. The van der Waals surface area contributed by atoms with Crippen LogP contribution in [-0.4, -0.2) is 37.1 Å². The molecule has 0 radical (unpaired) electrons. The number of carbonyl (C=O) groups excluding carboxylic acids is 1. The Labute approximate surface area is 114 Å². The highest BCUT2D eigenvalue weighted by Gasteiger charge is 2.19. The van der Waals surface area contributed by atoms with Crippen LogP contribution < -0.4 is 5.32 Å². The highest BCUT2D eigenvalue weighted by atomic mass is 16.6. The van der Waals surface area contributed by atoms with Gasteiger partial charge < -0.3 is 15.4 Å². The molecule has 0 saturated heterocycles. The van der Waals surface area contributed by atoms with Crippen LogP contribution in [0.4, 0.5) is 5.82 Å². The lowest BCUT2D eigenvalue weighted by Gasteiger charge is -2.03. The van der Waals surface area contributed by atoms with Crippen molar-refractivity contribution in [3.05, 3.63) is 40.1 Å². The Bertz CT molecular complexity index is 604. The molecule has 0 unspecified atom stereocenters. The molecule has 1 amide bonds. The van der Waals surface area contributed by atoms with Gasteiger partial charge in [0.25, 0.3) is 5.91 Å². The second-order valence-corrected chi connectivity index (χ2v) is 4.18. The molecule has 9 heteroatoms. The first-order valence-corrected chi connectivity index (χ1v) is 6.02. The lowest BCUT2D eigenvalue weighted by molar-refractivity contribution is -0.391. The maximum absolute atomic E-state index is 11.9. The quantitative estimate of drug-likeness (QED) is 0.450. The molecule has 0 saturated carbocycles. The molecule has 0 fully saturated rings. The van der Waals surface area contributed by atoms with E-state index in [0.717, 1.165) is 5.82 Å². The number of hydrogen-bond donors (Lipinski definition) is 2. The van der Waals surface area contributed by atoms with Gasteiger partial charge in [0, 0.05) is 19.0 Å². The summed E-state index contributed by atoms with van der Waals surface area (Å²) in [6.07, 6.45) is 2.80. The predicted molar refractivity (Wildman–Crippen MR) is 69.1 cm³/mol. The fourth-order valence-corrected chi connectivity index (χ4v) is 1.81. The number of nitrogens with one attached hydrogen (secondary N) is 2. The van der Waals surface area contributed by atoms with Crippen LogP contribution in [0.1, 0.15) is 22.7 Å². The first kappa shape index (κ1) is 13.7. The molecule has 0 atom stereocenters. The highest BCUT2D eigenvalue weighted by molar-refractivity contribution is 5.93. The van der Waals surface area contributed by atoms with Gasteiger partial charge in [-0.1, -0.05) is 0 Å². The molecule has 0 bridgehead atoms. The van der Waals surface area contributed by atoms with E-state index in [4.69, 9.17) is 0 Å². The molecule has 20 heavy (non-hydrogen) atoms. The fourth-order valence-electron chi connectivity index (χ4n) is 1.81. The average Bonchev–Trinajstić information content (AvgIpc) is 3.03. The zero-order valence-corrected chi connectivity index (χ0v) is 10.9. The van der Waals surface area contributed by atoms with Gasteiger partial charge in [0.1, 0.15) is 12.2 Å². The van der Waals surface area contributed by atoms with Gasteiger partial charge in [-0.05, 0) is 17.4 Å². The van der Waals surface area contributed by atoms with Crippen LogP contribution in [0.2, 0.25) is 0 Å². The molecule has 2 aromatic heterocycles. The van der Waals surface area contributed by atoms with E-state index in [0.29, 0.717) is 19.4 Å². The van der Waals surface area contributed by atoms with Gasteiger partial charge in [-0.2, -0.15) is 5.10 Å². The SMILES string of the molecule is Cn1c(C(=O)NCCCc2ncn[nH]2)ccc1[N+](=O)[O-]. The Morgan fingerprint density at radius 2 is 2.35 bits per heavy atom. The molecule has 2 rings (SSSR count). The van der Waals surface area contributed by atoms with E-state index in [1.54, 1.807) is 0 Å². The lowest BCUT2D eigenvalue weighted by Crippen LogP contribution is -2.26. The molecule has 0 aliphatic carbocycles. The number of nitro groups is 1. The largest absolute Gasteiger partial charge is 0.358 e. The van der Waals surface area contributed by atoms with E-state index in [-0.39, 0.29) is 17.4 Å². The van der Waals surface area contributed by atoms with Crippen molar-refractivity contribution in [2.75, 3.05) is 6.54 Å². The normalized spacial score (nSPS) is 10.4. The molecule has 0 aliphatic rings. The van der Waals surface area contributed by atoms with Crippen LogP contribution in [0.5, 0.6) is 0 Å². The number of H-pyrrole nitrogens is 1. The predicted octanol–water partition coefficient (Wildman–Crippen LogP) is 0.414. The van der Waals surface area contributed by atoms with Crippen molar-refractivity contribution in [2.45, 2.75) is 12.8 Å². The van der Waals surface area contributed by atoms with Gasteiger partial charge in [-0.3, -0.25) is 9.89 Å². The second kappa shape index (κ2) is 5.95. The highest BCUT2D eigenvalue weighted by Crippen LogP contribution is 2.14. The van der Waals surface area contributed by atoms with E-state index >= 15 is 0 Å². The summed E-state index contributed by atoms with van der Waals surface area (Å²) in [5.74, 6) is 0.309. The van der Waals surface area contributed by atoms with Gasteiger partial charge in [0.2, 0.25) is 0 Å². The molecule has 106 valence electrons. The molecule has 0 spiro atoms. The van der Waals surface area contributed by atoms with Crippen LogP contribution in [0.3, 0.4) is 0 Å². The Morgan fingerprint density at radius 1 is 1.55 bits per heavy atom. The summed E-state index contributed by atoms with van der Waals surface area (Å²) in [6.45, 7) is 0.457. The van der Waals surface area contributed by atoms with Crippen LogP contribution >= 0.6 is 0 Å². The summed E-state index contributed by atoms with van der Waals surface area (Å²) < 4.78 is 1.26. The summed E-state index contributed by atoms with van der Waals surface area (Å²) >= 11 is 0. The van der Waals surface area contributed by atoms with Crippen molar-refractivity contribution in [2.24, 2.45) is 7.05 Å². The van der Waals surface area contributed by atoms with Crippen molar-refractivity contribution in [3.63, 3.8) is 0 Å². The van der Waals surface area contributed by atoms with Crippen molar-refractivity contribution in [1.82, 2.24) is 25.1 Å². The standard InChI is InChI=1S/C11H14N6O3/c1-16-8(4-5-10(16)17(19)20)11(18)12-6-2-3-9-13-7-14-15-9/h4-5,7H,2-3,6H2,1H3,(H,12,18)(H,13,14,15). The third-order valence-electron chi connectivity index (χ3n) is 2.86. The first-order chi connectivity index (χ1) is 9.59. The van der Waals surface area contributed by atoms with E-state index in [1.165, 1.54) is 30.1 Å². The van der Waals surface area contributed by atoms with Crippen LogP contribution in [0, 0.1) is 10.1 Å². The number of carbonyl (C=O) groups is 1. The van der Waals surface area contributed by atoms with Gasteiger partial charge in [-0.25, -0.2) is 9.55 Å². The van der Waals surface area contributed by atoms with Crippen LogP contribution in [-0.2, 0) is 13.5 Å². The Balaban J connectivity index is 1.84. The van der Waals surface area contributed by atoms with Crippen LogP contribution in [0.25, 0.3) is 0 Å². The smallest absolute Gasteiger partial charge is 0.323 e. The minimum atomic E-state index is -0.527. The van der Waals surface area contributed by atoms with Crippen molar-refractivity contribution in [3.8, 4) is 0 Å².